The quantitative estimate of drug-likeness (QED) is 0.366. The van der Waals surface area contributed by atoms with Crippen LogP contribution in [0.5, 0.6) is 40.2 Å². The second kappa shape index (κ2) is 9.51. The highest BCUT2D eigenvalue weighted by atomic mass is 16.5. The van der Waals surface area contributed by atoms with Crippen molar-refractivity contribution in [2.24, 2.45) is 0 Å². The van der Waals surface area contributed by atoms with Crippen LogP contribution < -0.4 is 18.9 Å². The Morgan fingerprint density at radius 3 is 2.29 bits per heavy atom. The lowest BCUT2D eigenvalue weighted by molar-refractivity contribution is 0.0874. The van der Waals surface area contributed by atoms with Gasteiger partial charge in [0.05, 0.1) is 33.0 Å². The highest BCUT2D eigenvalue weighted by Gasteiger charge is 2.38. The molecule has 8 nitrogen and oxygen atoms in total. The maximum absolute atomic E-state index is 11.8. The Hall–Kier alpha value is -3.78. The van der Waals surface area contributed by atoms with Crippen LogP contribution in [0.15, 0.2) is 30.3 Å². The van der Waals surface area contributed by atoms with Gasteiger partial charge in [0.2, 0.25) is 5.75 Å². The molecule has 0 aromatic heterocycles. The molecule has 0 amide bonds. The maximum atomic E-state index is 11.8. The van der Waals surface area contributed by atoms with Crippen molar-refractivity contribution < 1.29 is 39.4 Å². The second-order valence-electron chi connectivity index (χ2n) is 10.3. The summed E-state index contributed by atoms with van der Waals surface area (Å²) in [5, 5.41) is 43.8. The summed E-state index contributed by atoms with van der Waals surface area (Å²) in [6.07, 6.45) is 4.34. The van der Waals surface area contributed by atoms with Gasteiger partial charge in [0.1, 0.15) is 23.0 Å². The molecule has 2 unspecified atom stereocenters. The molecule has 0 bridgehead atoms. The van der Waals surface area contributed by atoms with Gasteiger partial charge in [0.25, 0.3) is 0 Å². The van der Waals surface area contributed by atoms with Gasteiger partial charge in [-0.1, -0.05) is 0 Å². The molecule has 0 saturated heterocycles. The number of aliphatic hydroxyl groups is 1. The molecule has 3 aromatic carbocycles. The predicted octanol–water partition coefficient (Wildman–Crippen LogP) is 5.12. The summed E-state index contributed by atoms with van der Waals surface area (Å²) in [5.41, 5.74) is 4.26. The van der Waals surface area contributed by atoms with Crippen molar-refractivity contribution in [3.8, 4) is 51.4 Å². The summed E-state index contributed by atoms with van der Waals surface area (Å²) >= 11 is 0. The van der Waals surface area contributed by atoms with Crippen molar-refractivity contribution in [2.45, 2.75) is 56.7 Å². The molecule has 200 valence electrons. The van der Waals surface area contributed by atoms with E-state index in [1.165, 1.54) is 13.2 Å². The molecule has 4 N–H and O–H groups in total. The summed E-state index contributed by atoms with van der Waals surface area (Å²) in [6.45, 7) is 0.175. The number of rotatable bonds is 5. The topological polar surface area (TPSA) is 118 Å². The fourth-order valence-electron chi connectivity index (χ4n) is 6.26. The van der Waals surface area contributed by atoms with Gasteiger partial charge in [-0.2, -0.15) is 0 Å². The van der Waals surface area contributed by atoms with Crippen LogP contribution in [0.3, 0.4) is 0 Å². The average Bonchev–Trinajstić information content (AvgIpc) is 3.42. The van der Waals surface area contributed by atoms with E-state index in [2.05, 4.69) is 0 Å². The summed E-state index contributed by atoms with van der Waals surface area (Å²) in [7, 11) is 3.04. The van der Waals surface area contributed by atoms with E-state index in [9.17, 15) is 20.4 Å². The highest BCUT2D eigenvalue weighted by molar-refractivity contribution is 5.83. The van der Waals surface area contributed by atoms with E-state index in [0.717, 1.165) is 42.4 Å². The normalized spacial score (nSPS) is 20.2. The maximum Gasteiger partial charge on any atom is 0.200 e. The monoisotopic (exact) mass is 520 g/mol. The van der Waals surface area contributed by atoms with Gasteiger partial charge in [0, 0.05) is 34.7 Å². The van der Waals surface area contributed by atoms with Crippen molar-refractivity contribution in [1.29, 1.82) is 0 Å². The summed E-state index contributed by atoms with van der Waals surface area (Å²) in [6, 6.07) is 8.20. The third kappa shape index (κ3) is 3.95. The molecule has 2 atom stereocenters. The molecule has 1 heterocycles. The molecule has 0 spiro atoms. The third-order valence-corrected chi connectivity index (χ3v) is 8.13. The molecular formula is C30H32O8. The van der Waals surface area contributed by atoms with Crippen molar-refractivity contribution in [2.75, 3.05) is 20.8 Å². The molecule has 2 aliphatic carbocycles. The molecule has 3 aliphatic rings. The molecule has 3 aromatic rings. The number of aromatic hydroxyl groups is 3. The highest BCUT2D eigenvalue weighted by Crippen LogP contribution is 2.53. The Morgan fingerprint density at radius 2 is 1.55 bits per heavy atom. The number of phenolic OH excluding ortho intramolecular Hbond substituents is 3. The van der Waals surface area contributed by atoms with Crippen LogP contribution in [0.1, 0.15) is 60.0 Å². The van der Waals surface area contributed by atoms with Crippen LogP contribution >= 0.6 is 0 Å². The van der Waals surface area contributed by atoms with Gasteiger partial charge < -0.3 is 39.4 Å². The van der Waals surface area contributed by atoms with E-state index in [0.29, 0.717) is 46.8 Å². The summed E-state index contributed by atoms with van der Waals surface area (Å²) in [4.78, 5) is 0. The lowest BCUT2D eigenvalue weighted by Gasteiger charge is -2.35. The van der Waals surface area contributed by atoms with Crippen LogP contribution in [0, 0.1) is 0 Å². The van der Waals surface area contributed by atoms with Crippen molar-refractivity contribution >= 4 is 0 Å². The average molecular weight is 521 g/mol. The summed E-state index contributed by atoms with van der Waals surface area (Å²) in [5.74, 6) is 1.16. The fourth-order valence-corrected chi connectivity index (χ4v) is 6.26. The minimum absolute atomic E-state index is 0.0246. The zero-order chi connectivity index (χ0) is 26.6. The Labute approximate surface area is 221 Å². The molecule has 6 rings (SSSR count). The Kier molecular flexibility index (Phi) is 6.14. The third-order valence-electron chi connectivity index (χ3n) is 8.13. The molecule has 1 aliphatic heterocycles. The SMILES string of the molecule is COc1cc(C2COc3cc(O)c4c(c3C2O)CCc2c(OC)cc(O)cc2-4)cc(OC2CCCC2)c1O. The first-order valence-corrected chi connectivity index (χ1v) is 13.1. The van der Waals surface area contributed by atoms with Crippen molar-refractivity contribution in [3.63, 3.8) is 0 Å². The molecular weight excluding hydrogens is 488 g/mol. The molecule has 38 heavy (non-hydrogen) atoms. The number of methoxy groups -OCH3 is 2. The van der Waals surface area contributed by atoms with E-state index < -0.39 is 12.0 Å². The van der Waals surface area contributed by atoms with Crippen LogP contribution in [0.25, 0.3) is 11.1 Å². The van der Waals surface area contributed by atoms with Crippen molar-refractivity contribution in [1.82, 2.24) is 0 Å². The first-order chi connectivity index (χ1) is 18.4. The largest absolute Gasteiger partial charge is 0.508 e. The van der Waals surface area contributed by atoms with Gasteiger partial charge >= 0.3 is 0 Å². The fraction of sp³-hybridized carbons (Fsp3) is 0.400. The van der Waals surface area contributed by atoms with Crippen LogP contribution in [-0.4, -0.2) is 47.4 Å². The van der Waals surface area contributed by atoms with Gasteiger partial charge in [-0.05, 0) is 73.4 Å². The van der Waals surface area contributed by atoms with E-state index in [1.807, 2.05) is 0 Å². The lowest BCUT2D eigenvalue weighted by atomic mass is 9.77. The predicted molar refractivity (Wildman–Crippen MR) is 140 cm³/mol. The zero-order valence-corrected chi connectivity index (χ0v) is 21.5. The standard InChI is InChI=1S/C30H32O8/c1-35-23-12-16(31)11-20-18(23)7-8-19-27(20)22(32)13-24-28(19)29(33)21(14-37-24)15-9-25(36-2)30(34)26(10-15)38-17-5-3-4-6-17/h9-13,17,21,29,31-34H,3-8,14H2,1-2H3. The van der Waals surface area contributed by atoms with E-state index in [4.69, 9.17) is 18.9 Å². The van der Waals surface area contributed by atoms with E-state index in [-0.39, 0.29) is 35.7 Å². The number of aliphatic hydroxyl groups excluding tert-OH is 1. The van der Waals surface area contributed by atoms with Crippen molar-refractivity contribution in [3.05, 3.63) is 52.6 Å². The second-order valence-corrected chi connectivity index (χ2v) is 10.3. The molecule has 1 saturated carbocycles. The first kappa shape index (κ1) is 24.6. The molecule has 1 fully saturated rings. The Morgan fingerprint density at radius 1 is 0.842 bits per heavy atom. The molecule has 8 heteroatoms. The van der Waals surface area contributed by atoms with Gasteiger partial charge in [-0.25, -0.2) is 0 Å². The minimum Gasteiger partial charge on any atom is -0.508 e. The number of hydrogen-bond donors (Lipinski definition) is 4. The van der Waals surface area contributed by atoms with Gasteiger partial charge in [-0.15, -0.1) is 0 Å². The number of fused-ring (bicyclic) bond motifs is 5. The first-order valence-electron chi connectivity index (χ1n) is 13.1. The van der Waals surface area contributed by atoms with Crippen LogP contribution in [0.4, 0.5) is 0 Å². The Bertz CT molecular complexity index is 1390. The number of phenols is 3. The molecule has 0 radical (unpaired) electrons. The van der Waals surface area contributed by atoms with Gasteiger partial charge in [-0.3, -0.25) is 0 Å². The van der Waals surface area contributed by atoms with Crippen LogP contribution in [0.2, 0.25) is 0 Å². The lowest BCUT2D eigenvalue weighted by Crippen LogP contribution is -2.26. The zero-order valence-electron chi connectivity index (χ0n) is 21.5. The van der Waals surface area contributed by atoms with E-state index in [1.54, 1.807) is 31.4 Å². The Balaban J connectivity index is 1.43. The van der Waals surface area contributed by atoms with Gasteiger partial charge in [0.15, 0.2) is 11.5 Å². The van der Waals surface area contributed by atoms with Crippen LogP contribution in [-0.2, 0) is 12.8 Å². The minimum atomic E-state index is -0.942. The number of ether oxygens (including phenoxy) is 4. The summed E-state index contributed by atoms with van der Waals surface area (Å²) < 4.78 is 23.2. The number of benzene rings is 3. The number of hydrogen-bond acceptors (Lipinski definition) is 8. The van der Waals surface area contributed by atoms with E-state index >= 15 is 0 Å². The smallest absolute Gasteiger partial charge is 0.200 e.